The molecule has 1 aliphatic rings. The van der Waals surface area contributed by atoms with Crippen molar-refractivity contribution in [1.82, 2.24) is 8.96 Å². The Morgan fingerprint density at radius 3 is 2.39 bits per heavy atom. The van der Waals surface area contributed by atoms with Crippen LogP contribution in [0.2, 0.25) is 0 Å². The maximum absolute atomic E-state index is 12.9. The first-order chi connectivity index (χ1) is 13.6. The molecular weight excluding hydrogens is 390 g/mol. The van der Waals surface area contributed by atoms with Gasteiger partial charge in [0.25, 0.3) is 10.0 Å². The molecule has 0 fully saturated rings. The van der Waals surface area contributed by atoms with Gasteiger partial charge in [0.05, 0.1) is 10.6 Å². The van der Waals surface area contributed by atoms with E-state index < -0.39 is 10.0 Å². The number of rotatable bonds is 4. The second kappa shape index (κ2) is 6.61. The molecule has 2 heterocycles. The average Bonchev–Trinajstić information content (AvgIpc) is 3.33. The minimum absolute atomic E-state index is 0.285. The van der Waals surface area contributed by atoms with Crippen molar-refractivity contribution >= 4 is 32.2 Å². The first-order valence-electron chi connectivity index (χ1n) is 8.95. The van der Waals surface area contributed by atoms with E-state index >= 15 is 0 Å². The largest absolute Gasteiger partial charge is 0.332 e. The van der Waals surface area contributed by atoms with Crippen LogP contribution in [0.3, 0.4) is 0 Å². The fraction of sp³-hybridized carbons (Fsp3) is 0.0952. The quantitative estimate of drug-likeness (QED) is 0.533. The molecule has 0 saturated carbocycles. The van der Waals surface area contributed by atoms with Gasteiger partial charge in [-0.15, -0.1) is 11.3 Å². The van der Waals surface area contributed by atoms with E-state index in [1.807, 2.05) is 36.4 Å². The van der Waals surface area contributed by atoms with Crippen LogP contribution in [-0.4, -0.2) is 17.4 Å². The summed E-state index contributed by atoms with van der Waals surface area (Å²) >= 11 is 1.63. The fourth-order valence-electron chi connectivity index (χ4n) is 3.41. The summed E-state index contributed by atoms with van der Waals surface area (Å²) in [5.74, 6) is 0. The number of aromatic nitrogens is 2. The Balaban J connectivity index is 1.52. The molecule has 1 N–H and O–H groups in total. The number of benzene rings is 2. The van der Waals surface area contributed by atoms with Crippen molar-refractivity contribution in [3.63, 3.8) is 0 Å². The fourth-order valence-corrected chi connectivity index (χ4v) is 5.66. The van der Waals surface area contributed by atoms with Crippen LogP contribution in [0.1, 0.15) is 10.4 Å². The van der Waals surface area contributed by atoms with Crippen molar-refractivity contribution in [1.29, 1.82) is 0 Å². The summed E-state index contributed by atoms with van der Waals surface area (Å²) in [7, 11) is -3.60. The molecule has 28 heavy (non-hydrogen) atoms. The van der Waals surface area contributed by atoms with E-state index in [0.29, 0.717) is 0 Å². The van der Waals surface area contributed by atoms with Gasteiger partial charge in [-0.25, -0.2) is 17.4 Å². The van der Waals surface area contributed by atoms with Gasteiger partial charge in [-0.05, 0) is 42.7 Å². The Kier molecular flexibility index (Phi) is 4.07. The number of thiazole rings is 1. The zero-order valence-corrected chi connectivity index (χ0v) is 16.5. The third-order valence-corrected chi connectivity index (χ3v) is 7.47. The maximum atomic E-state index is 12.9. The summed E-state index contributed by atoms with van der Waals surface area (Å²) in [5.41, 5.74) is 3.78. The van der Waals surface area contributed by atoms with Crippen LogP contribution in [-0.2, 0) is 22.9 Å². The van der Waals surface area contributed by atoms with E-state index in [1.54, 1.807) is 48.0 Å². The number of anilines is 2. The lowest BCUT2D eigenvalue weighted by atomic mass is 9.98. The second-order valence-electron chi connectivity index (χ2n) is 6.63. The predicted molar refractivity (Wildman–Crippen MR) is 112 cm³/mol. The van der Waals surface area contributed by atoms with E-state index in [-0.39, 0.29) is 4.90 Å². The molecule has 0 radical (unpaired) electrons. The standard InChI is InChI=1S/C21H17N3O2S2/c25-28(26,17-9-5-2-6-10-17)24-13-15-11-12-19-20(18(15)14-24)23-21(27-19)22-16-7-3-1-4-8-16/h1-10,13-14H,11-12H2,(H,22,23). The summed E-state index contributed by atoms with van der Waals surface area (Å²) in [5, 5.41) is 4.16. The molecule has 4 aromatic rings. The molecular formula is C21H17N3O2S2. The lowest BCUT2D eigenvalue weighted by Crippen LogP contribution is -2.10. The molecule has 0 saturated heterocycles. The molecule has 0 bridgehead atoms. The molecule has 7 heteroatoms. The highest BCUT2D eigenvalue weighted by Gasteiger charge is 2.26. The van der Waals surface area contributed by atoms with Crippen LogP contribution in [0, 0.1) is 0 Å². The topological polar surface area (TPSA) is 64.0 Å². The number of aryl methyl sites for hydroxylation is 2. The third-order valence-electron chi connectivity index (χ3n) is 4.80. The van der Waals surface area contributed by atoms with Gasteiger partial charge >= 0.3 is 0 Å². The second-order valence-corrected chi connectivity index (χ2v) is 9.55. The van der Waals surface area contributed by atoms with Crippen LogP contribution in [0.4, 0.5) is 10.8 Å². The molecule has 2 aromatic carbocycles. The third kappa shape index (κ3) is 2.93. The molecule has 1 aliphatic carbocycles. The van der Waals surface area contributed by atoms with Gasteiger partial charge in [0.2, 0.25) is 0 Å². The number of nitrogens with one attached hydrogen (secondary N) is 1. The van der Waals surface area contributed by atoms with Crippen molar-refractivity contribution < 1.29 is 8.42 Å². The van der Waals surface area contributed by atoms with Crippen molar-refractivity contribution in [2.24, 2.45) is 0 Å². The molecule has 2 aromatic heterocycles. The average molecular weight is 408 g/mol. The van der Waals surface area contributed by atoms with Gasteiger partial charge in [0.15, 0.2) is 5.13 Å². The van der Waals surface area contributed by atoms with Crippen molar-refractivity contribution in [2.75, 3.05) is 5.32 Å². The van der Waals surface area contributed by atoms with Crippen LogP contribution in [0.5, 0.6) is 0 Å². The number of hydrogen-bond acceptors (Lipinski definition) is 5. The lowest BCUT2D eigenvalue weighted by Gasteiger charge is -2.08. The summed E-state index contributed by atoms with van der Waals surface area (Å²) in [6.45, 7) is 0. The molecule has 0 aliphatic heterocycles. The SMILES string of the molecule is O=S(=O)(c1ccccc1)n1cc2c(c1)-c1nc(Nc3ccccc3)sc1CC2. The highest BCUT2D eigenvalue weighted by Crippen LogP contribution is 2.39. The Bertz CT molecular complexity index is 1240. The Hall–Kier alpha value is -2.90. The minimum Gasteiger partial charge on any atom is -0.332 e. The zero-order valence-electron chi connectivity index (χ0n) is 14.9. The van der Waals surface area contributed by atoms with Crippen molar-refractivity contribution in [2.45, 2.75) is 17.7 Å². The van der Waals surface area contributed by atoms with E-state index in [2.05, 4.69) is 5.32 Å². The summed E-state index contributed by atoms with van der Waals surface area (Å²) < 4.78 is 27.2. The lowest BCUT2D eigenvalue weighted by molar-refractivity contribution is 0.587. The molecule has 0 amide bonds. The summed E-state index contributed by atoms with van der Waals surface area (Å²) in [4.78, 5) is 6.22. The zero-order chi connectivity index (χ0) is 19.1. The maximum Gasteiger partial charge on any atom is 0.267 e. The minimum atomic E-state index is -3.60. The number of para-hydroxylation sites is 1. The van der Waals surface area contributed by atoms with Crippen LogP contribution >= 0.6 is 11.3 Å². The molecule has 5 rings (SSSR count). The van der Waals surface area contributed by atoms with Crippen LogP contribution in [0.15, 0.2) is 78.0 Å². The Labute approximate surface area is 167 Å². The predicted octanol–water partition coefficient (Wildman–Crippen LogP) is 4.69. The number of hydrogen-bond donors (Lipinski definition) is 1. The Morgan fingerprint density at radius 1 is 0.929 bits per heavy atom. The summed E-state index contributed by atoms with van der Waals surface area (Å²) in [6.07, 6.45) is 5.10. The van der Waals surface area contributed by atoms with Gasteiger partial charge in [-0.1, -0.05) is 36.4 Å². The van der Waals surface area contributed by atoms with Gasteiger partial charge < -0.3 is 5.32 Å². The van der Waals surface area contributed by atoms with E-state index in [4.69, 9.17) is 4.98 Å². The van der Waals surface area contributed by atoms with E-state index in [9.17, 15) is 8.42 Å². The van der Waals surface area contributed by atoms with E-state index in [0.717, 1.165) is 40.5 Å². The molecule has 0 unspecified atom stereocenters. The van der Waals surface area contributed by atoms with Crippen molar-refractivity contribution in [3.05, 3.63) is 83.5 Å². The Morgan fingerprint density at radius 2 is 1.64 bits per heavy atom. The van der Waals surface area contributed by atoms with Gasteiger partial charge in [0, 0.05) is 28.5 Å². The van der Waals surface area contributed by atoms with Gasteiger partial charge in [-0.2, -0.15) is 0 Å². The molecule has 0 spiro atoms. The monoisotopic (exact) mass is 407 g/mol. The van der Waals surface area contributed by atoms with Gasteiger partial charge in [0.1, 0.15) is 0 Å². The first kappa shape index (κ1) is 17.2. The van der Waals surface area contributed by atoms with Gasteiger partial charge in [-0.3, -0.25) is 0 Å². The van der Waals surface area contributed by atoms with Crippen LogP contribution in [0.25, 0.3) is 11.3 Å². The highest BCUT2D eigenvalue weighted by molar-refractivity contribution is 7.90. The summed E-state index contributed by atoms with van der Waals surface area (Å²) in [6, 6.07) is 18.4. The highest BCUT2D eigenvalue weighted by atomic mass is 32.2. The number of nitrogens with zero attached hydrogens (tertiary/aromatic N) is 2. The normalized spacial score (nSPS) is 13.0. The van der Waals surface area contributed by atoms with Crippen molar-refractivity contribution in [3.8, 4) is 11.3 Å². The van der Waals surface area contributed by atoms with E-state index in [1.165, 1.54) is 8.85 Å². The molecule has 140 valence electrons. The smallest absolute Gasteiger partial charge is 0.267 e. The first-order valence-corrected chi connectivity index (χ1v) is 11.2. The molecule has 0 atom stereocenters. The molecule has 5 nitrogen and oxygen atoms in total. The van der Waals surface area contributed by atoms with Crippen LogP contribution < -0.4 is 5.32 Å². The number of fused-ring (bicyclic) bond motifs is 3.